The predicted molar refractivity (Wildman–Crippen MR) is 61.2 cm³/mol. The molecule has 3 rings (SSSR count). The molecule has 0 amide bonds. The zero-order chi connectivity index (χ0) is 11.3. The molecule has 0 N–H and O–H groups in total. The van der Waals surface area contributed by atoms with E-state index in [0.29, 0.717) is 5.92 Å². The molecule has 1 aliphatic heterocycles. The van der Waals surface area contributed by atoms with Gasteiger partial charge in [0.15, 0.2) is 0 Å². The molecule has 2 aliphatic rings. The number of hydrogen-bond acceptors (Lipinski definition) is 2. The summed E-state index contributed by atoms with van der Waals surface area (Å²) in [6.07, 6.45) is 1.97. The largest absolute Gasteiger partial charge is 0.453 e. The summed E-state index contributed by atoms with van der Waals surface area (Å²) in [4.78, 5) is 11.7. The van der Waals surface area contributed by atoms with Gasteiger partial charge in [-0.2, -0.15) is 0 Å². The zero-order valence-electron chi connectivity index (χ0n) is 9.32. The van der Waals surface area contributed by atoms with Crippen molar-refractivity contribution in [2.45, 2.75) is 25.9 Å². The maximum atomic E-state index is 11.7. The molecule has 0 unspecified atom stereocenters. The van der Waals surface area contributed by atoms with Gasteiger partial charge in [-0.25, -0.2) is 4.79 Å². The average molecular weight is 214 g/mol. The van der Waals surface area contributed by atoms with Crippen LogP contribution in [0.1, 0.15) is 40.9 Å². The third kappa shape index (κ3) is 1.16. The van der Waals surface area contributed by atoms with E-state index in [1.807, 2.05) is 19.1 Å². The van der Waals surface area contributed by atoms with Crippen molar-refractivity contribution < 1.29 is 9.53 Å². The normalized spacial score (nSPS) is 26.2. The first-order chi connectivity index (χ1) is 7.68. The SMILES string of the molecule is C=C(C)[C@@H]1CCc2cccc3c2[C@@H]1OC3=O. The van der Waals surface area contributed by atoms with Gasteiger partial charge in [-0.15, -0.1) is 0 Å². The van der Waals surface area contributed by atoms with E-state index in [-0.39, 0.29) is 12.1 Å². The monoisotopic (exact) mass is 214 g/mol. The molecule has 82 valence electrons. The van der Waals surface area contributed by atoms with Gasteiger partial charge < -0.3 is 4.74 Å². The van der Waals surface area contributed by atoms with Gasteiger partial charge in [0, 0.05) is 11.5 Å². The number of ether oxygens (including phenoxy) is 1. The number of carbonyl (C=O) groups excluding carboxylic acids is 1. The first kappa shape index (κ1) is 9.64. The van der Waals surface area contributed by atoms with Crippen molar-refractivity contribution in [2.24, 2.45) is 5.92 Å². The van der Waals surface area contributed by atoms with Crippen molar-refractivity contribution in [1.29, 1.82) is 0 Å². The minimum Gasteiger partial charge on any atom is -0.453 e. The van der Waals surface area contributed by atoms with Crippen LogP contribution in [-0.4, -0.2) is 5.97 Å². The lowest BCUT2D eigenvalue weighted by Crippen LogP contribution is -2.20. The molecule has 2 nitrogen and oxygen atoms in total. The van der Waals surface area contributed by atoms with Gasteiger partial charge in [0.2, 0.25) is 0 Å². The predicted octanol–water partition coefficient (Wildman–Crippen LogP) is 3.04. The van der Waals surface area contributed by atoms with Crippen molar-refractivity contribution in [1.82, 2.24) is 0 Å². The third-order valence-corrected chi connectivity index (χ3v) is 3.66. The summed E-state index contributed by atoms with van der Waals surface area (Å²) < 4.78 is 5.49. The minimum atomic E-state index is -0.171. The molecule has 2 heteroatoms. The standard InChI is InChI=1S/C14H14O2/c1-8(2)10-7-6-9-4-3-5-11-12(9)13(10)16-14(11)15/h3-5,10,13H,1,6-7H2,2H3/t10-,13+/m0/s1. The van der Waals surface area contributed by atoms with Crippen molar-refractivity contribution in [3.05, 3.63) is 47.0 Å². The van der Waals surface area contributed by atoms with Crippen LogP contribution >= 0.6 is 0 Å². The van der Waals surface area contributed by atoms with Crippen LogP contribution in [0.25, 0.3) is 0 Å². The van der Waals surface area contributed by atoms with Gasteiger partial charge in [-0.1, -0.05) is 24.3 Å². The molecule has 1 aliphatic carbocycles. The topological polar surface area (TPSA) is 26.3 Å². The van der Waals surface area contributed by atoms with E-state index in [9.17, 15) is 4.79 Å². The summed E-state index contributed by atoms with van der Waals surface area (Å²) in [6.45, 7) is 6.03. The van der Waals surface area contributed by atoms with Crippen molar-refractivity contribution in [3.63, 3.8) is 0 Å². The van der Waals surface area contributed by atoms with Crippen molar-refractivity contribution in [2.75, 3.05) is 0 Å². The van der Waals surface area contributed by atoms with Gasteiger partial charge in [0.25, 0.3) is 0 Å². The summed E-state index contributed by atoms with van der Waals surface area (Å²) in [5.41, 5.74) is 4.26. The fraction of sp³-hybridized carbons (Fsp3) is 0.357. The molecular weight excluding hydrogens is 200 g/mol. The lowest BCUT2D eigenvalue weighted by molar-refractivity contribution is 0.0254. The molecule has 0 bridgehead atoms. The summed E-state index contributed by atoms with van der Waals surface area (Å²) in [5.74, 6) is 0.120. The maximum Gasteiger partial charge on any atom is 0.339 e. The lowest BCUT2D eigenvalue weighted by Gasteiger charge is -2.29. The number of esters is 1. The average Bonchev–Trinajstić information content (AvgIpc) is 2.59. The Kier molecular flexibility index (Phi) is 1.93. The van der Waals surface area contributed by atoms with Crippen LogP contribution < -0.4 is 0 Å². The molecule has 1 heterocycles. The second-order valence-corrected chi connectivity index (χ2v) is 4.70. The fourth-order valence-corrected chi connectivity index (χ4v) is 2.83. The van der Waals surface area contributed by atoms with Crippen LogP contribution in [-0.2, 0) is 11.2 Å². The number of rotatable bonds is 1. The van der Waals surface area contributed by atoms with E-state index < -0.39 is 0 Å². The van der Waals surface area contributed by atoms with Crippen LogP contribution in [0.15, 0.2) is 30.4 Å². The van der Waals surface area contributed by atoms with Crippen molar-refractivity contribution >= 4 is 5.97 Å². The van der Waals surface area contributed by atoms with Gasteiger partial charge in [0.05, 0.1) is 5.56 Å². The number of carbonyl (C=O) groups is 1. The van der Waals surface area contributed by atoms with Crippen LogP contribution in [0, 0.1) is 5.92 Å². The van der Waals surface area contributed by atoms with E-state index >= 15 is 0 Å². The molecular formula is C14H14O2. The highest BCUT2D eigenvalue weighted by Crippen LogP contribution is 2.46. The Hall–Kier alpha value is -1.57. The smallest absolute Gasteiger partial charge is 0.339 e. The van der Waals surface area contributed by atoms with E-state index in [4.69, 9.17) is 4.74 Å². The molecule has 16 heavy (non-hydrogen) atoms. The van der Waals surface area contributed by atoms with Crippen LogP contribution in [0.3, 0.4) is 0 Å². The molecule has 0 saturated heterocycles. The van der Waals surface area contributed by atoms with Crippen LogP contribution in [0.5, 0.6) is 0 Å². The fourth-order valence-electron chi connectivity index (χ4n) is 2.83. The van der Waals surface area contributed by atoms with E-state index in [2.05, 4.69) is 12.6 Å². The molecule has 1 aromatic carbocycles. The van der Waals surface area contributed by atoms with Crippen LogP contribution in [0.2, 0.25) is 0 Å². The van der Waals surface area contributed by atoms with E-state index in [1.54, 1.807) is 0 Å². The summed E-state index contributed by atoms with van der Waals surface area (Å²) in [5, 5.41) is 0. The second kappa shape index (κ2) is 3.21. The summed E-state index contributed by atoms with van der Waals surface area (Å²) >= 11 is 0. The second-order valence-electron chi connectivity index (χ2n) is 4.70. The van der Waals surface area contributed by atoms with Gasteiger partial charge in [-0.05, 0) is 31.4 Å². The summed E-state index contributed by atoms with van der Waals surface area (Å²) in [6, 6.07) is 5.91. The molecule has 0 radical (unpaired) electrons. The number of benzene rings is 1. The highest BCUT2D eigenvalue weighted by atomic mass is 16.5. The van der Waals surface area contributed by atoms with Gasteiger partial charge >= 0.3 is 5.97 Å². The van der Waals surface area contributed by atoms with Crippen LogP contribution in [0.4, 0.5) is 0 Å². The highest BCUT2D eigenvalue weighted by Gasteiger charge is 2.40. The number of hydrogen-bond donors (Lipinski definition) is 0. The minimum absolute atomic E-state index is 0.0788. The maximum absolute atomic E-state index is 11.7. The Morgan fingerprint density at radius 3 is 3.06 bits per heavy atom. The van der Waals surface area contributed by atoms with E-state index in [1.165, 1.54) is 5.56 Å². The lowest BCUT2D eigenvalue weighted by atomic mass is 9.78. The molecule has 1 aromatic rings. The molecule has 0 aromatic heterocycles. The zero-order valence-corrected chi connectivity index (χ0v) is 9.32. The first-order valence-corrected chi connectivity index (χ1v) is 5.66. The Labute approximate surface area is 94.9 Å². The quantitative estimate of drug-likeness (QED) is 0.530. The molecule has 0 saturated carbocycles. The summed E-state index contributed by atoms with van der Waals surface area (Å²) in [7, 11) is 0. The van der Waals surface area contributed by atoms with E-state index in [0.717, 1.165) is 29.5 Å². The third-order valence-electron chi connectivity index (χ3n) is 3.66. The first-order valence-electron chi connectivity index (χ1n) is 5.66. The van der Waals surface area contributed by atoms with Crippen molar-refractivity contribution in [3.8, 4) is 0 Å². The Bertz CT molecular complexity index is 488. The van der Waals surface area contributed by atoms with Gasteiger partial charge in [0.1, 0.15) is 6.10 Å². The molecule has 0 spiro atoms. The molecule has 0 fully saturated rings. The Morgan fingerprint density at radius 2 is 2.31 bits per heavy atom. The number of aryl methyl sites for hydroxylation is 1. The molecule has 2 atom stereocenters. The highest BCUT2D eigenvalue weighted by molar-refractivity contribution is 5.94. The van der Waals surface area contributed by atoms with Gasteiger partial charge in [-0.3, -0.25) is 0 Å². The Balaban J connectivity index is 2.16. The Morgan fingerprint density at radius 1 is 1.50 bits per heavy atom.